The standard InChI is InChI=1S/C21H22ClN3O2S.C21H21ClN2O3S/c22-17-5-8-19(9-6-17)28(26,27)25-18-7-10-20-15(2-1-3-16(20)14-18)4-11-21-23-12-13-24-21;22-17-5-9-20(10-6-17)28(25,26)24-18-8-11-21-15(2-1-3-16(21)12-18)4-7-19-13-27-14-23-19/h1-3,5-6,8-9,12-13,18,25H,4,7,10-11,14H2,(H,23,24);1-3,5-6,9-10,13-14,18,24H,4,7-8,11-12H2. The molecular weight excluding hydrogens is 790 g/mol. The van der Waals surface area contributed by atoms with Gasteiger partial charge >= 0.3 is 0 Å². The van der Waals surface area contributed by atoms with Crippen LogP contribution >= 0.6 is 23.2 Å². The molecule has 0 aliphatic heterocycles. The Morgan fingerprint density at radius 2 is 1.18 bits per heavy atom. The first-order valence-electron chi connectivity index (χ1n) is 18.6. The number of rotatable bonds is 12. The summed E-state index contributed by atoms with van der Waals surface area (Å²) in [4.78, 5) is 12.1. The van der Waals surface area contributed by atoms with E-state index in [0.717, 1.165) is 62.9 Å². The highest BCUT2D eigenvalue weighted by atomic mass is 35.5. The van der Waals surface area contributed by atoms with Crippen molar-refractivity contribution in [3.05, 3.63) is 165 Å². The highest BCUT2D eigenvalue weighted by molar-refractivity contribution is 7.89. The molecule has 8 rings (SSSR count). The fourth-order valence-electron chi connectivity index (χ4n) is 7.56. The van der Waals surface area contributed by atoms with Crippen molar-refractivity contribution in [2.24, 2.45) is 0 Å². The van der Waals surface area contributed by atoms with Gasteiger partial charge in [-0.2, -0.15) is 0 Å². The van der Waals surface area contributed by atoms with Crippen molar-refractivity contribution in [1.29, 1.82) is 0 Å². The summed E-state index contributed by atoms with van der Waals surface area (Å²) in [6, 6.07) is 24.9. The molecule has 2 atom stereocenters. The van der Waals surface area contributed by atoms with Crippen molar-refractivity contribution < 1.29 is 21.3 Å². The molecule has 2 aromatic heterocycles. The van der Waals surface area contributed by atoms with Gasteiger partial charge in [0.25, 0.3) is 0 Å². The Morgan fingerprint density at radius 3 is 1.64 bits per heavy atom. The van der Waals surface area contributed by atoms with E-state index >= 15 is 0 Å². The number of hydrogen-bond donors (Lipinski definition) is 3. The van der Waals surface area contributed by atoms with Crippen molar-refractivity contribution in [2.75, 3.05) is 0 Å². The van der Waals surface area contributed by atoms with Gasteiger partial charge in [0.1, 0.15) is 12.1 Å². The zero-order valence-corrected chi connectivity index (χ0v) is 33.8. The summed E-state index contributed by atoms with van der Waals surface area (Å²) in [6.07, 6.45) is 15.0. The molecule has 2 heterocycles. The number of aromatic nitrogens is 3. The highest BCUT2D eigenvalue weighted by Crippen LogP contribution is 2.29. The van der Waals surface area contributed by atoms with Gasteiger partial charge in [-0.25, -0.2) is 36.2 Å². The molecule has 56 heavy (non-hydrogen) atoms. The van der Waals surface area contributed by atoms with Crippen LogP contribution in [0.2, 0.25) is 10.0 Å². The Kier molecular flexibility index (Phi) is 12.7. The number of hydrogen-bond acceptors (Lipinski definition) is 7. The molecular formula is C42H43Cl2N5O5S2. The first-order valence-corrected chi connectivity index (χ1v) is 22.3. The summed E-state index contributed by atoms with van der Waals surface area (Å²) in [5.74, 6) is 0.988. The average molecular weight is 833 g/mol. The molecule has 10 nitrogen and oxygen atoms in total. The molecule has 0 bridgehead atoms. The van der Waals surface area contributed by atoms with Crippen molar-refractivity contribution in [2.45, 2.75) is 86.1 Å². The summed E-state index contributed by atoms with van der Waals surface area (Å²) in [5, 5.41) is 1.04. The van der Waals surface area contributed by atoms with E-state index in [1.807, 2.05) is 12.3 Å². The minimum absolute atomic E-state index is 0.103. The van der Waals surface area contributed by atoms with Gasteiger partial charge in [0, 0.05) is 40.9 Å². The second-order valence-corrected chi connectivity index (χ2v) is 18.5. The summed E-state index contributed by atoms with van der Waals surface area (Å²) < 4.78 is 61.4. The summed E-state index contributed by atoms with van der Waals surface area (Å²) >= 11 is 11.7. The van der Waals surface area contributed by atoms with Crippen LogP contribution in [0.1, 0.15) is 57.7 Å². The third-order valence-corrected chi connectivity index (χ3v) is 13.9. The maximum absolute atomic E-state index is 12.7. The smallest absolute Gasteiger partial charge is 0.240 e. The van der Waals surface area contributed by atoms with Gasteiger partial charge in [-0.15, -0.1) is 0 Å². The molecule has 0 fully saturated rings. The average Bonchev–Trinajstić information content (AvgIpc) is 3.92. The fraction of sp³-hybridized carbons (Fsp3) is 0.286. The van der Waals surface area contributed by atoms with Crippen LogP contribution in [0, 0.1) is 0 Å². The van der Waals surface area contributed by atoms with Gasteiger partial charge in [-0.3, -0.25) is 0 Å². The van der Waals surface area contributed by atoms with Gasteiger partial charge in [-0.05, 0) is 140 Å². The Labute approximate surface area is 338 Å². The van der Waals surface area contributed by atoms with E-state index in [1.165, 1.54) is 64.0 Å². The maximum Gasteiger partial charge on any atom is 0.240 e. The highest BCUT2D eigenvalue weighted by Gasteiger charge is 2.27. The molecule has 6 aromatic rings. The third-order valence-electron chi connectivity index (χ3n) is 10.4. The molecule has 4 aromatic carbocycles. The molecule has 2 aliphatic carbocycles. The van der Waals surface area contributed by atoms with Gasteiger partial charge in [0.15, 0.2) is 6.39 Å². The van der Waals surface area contributed by atoms with Gasteiger partial charge in [0.2, 0.25) is 20.0 Å². The van der Waals surface area contributed by atoms with Gasteiger partial charge in [0.05, 0.1) is 15.5 Å². The van der Waals surface area contributed by atoms with Crippen LogP contribution in [0.4, 0.5) is 0 Å². The number of fused-ring (bicyclic) bond motifs is 2. The Balaban J connectivity index is 0.000000172. The monoisotopic (exact) mass is 831 g/mol. The first-order chi connectivity index (χ1) is 27.0. The summed E-state index contributed by atoms with van der Waals surface area (Å²) in [5.41, 5.74) is 8.72. The van der Waals surface area contributed by atoms with Crippen molar-refractivity contribution in [3.8, 4) is 0 Å². The van der Waals surface area contributed by atoms with E-state index in [0.29, 0.717) is 22.9 Å². The predicted octanol–water partition coefficient (Wildman–Crippen LogP) is 7.63. The lowest BCUT2D eigenvalue weighted by atomic mass is 9.84. The van der Waals surface area contributed by atoms with Crippen LogP contribution in [-0.2, 0) is 71.4 Å². The van der Waals surface area contributed by atoms with Crippen LogP contribution in [0.5, 0.6) is 0 Å². The number of oxazole rings is 1. The molecule has 292 valence electrons. The van der Waals surface area contributed by atoms with Crippen LogP contribution in [0.3, 0.4) is 0 Å². The molecule has 14 heteroatoms. The zero-order chi connectivity index (χ0) is 39.1. The minimum Gasteiger partial charge on any atom is -0.451 e. The third kappa shape index (κ3) is 10.2. The first kappa shape index (κ1) is 39.9. The molecule has 2 aliphatic rings. The van der Waals surface area contributed by atoms with E-state index in [1.54, 1.807) is 36.7 Å². The van der Waals surface area contributed by atoms with E-state index < -0.39 is 20.0 Å². The fourth-order valence-corrected chi connectivity index (χ4v) is 10.3. The second kappa shape index (κ2) is 17.9. The Morgan fingerprint density at radius 1 is 0.661 bits per heavy atom. The normalized spacial score (nSPS) is 16.7. The SMILES string of the molecule is O=S(=O)(NC1CCc2c(CCc3cocn3)cccc2C1)c1ccc(Cl)cc1.O=S(=O)(NC1CCc2c(CCc3ncc[nH]3)cccc2C1)c1ccc(Cl)cc1. The summed E-state index contributed by atoms with van der Waals surface area (Å²) in [7, 11) is -7.11. The van der Waals surface area contributed by atoms with E-state index in [-0.39, 0.29) is 21.9 Å². The van der Waals surface area contributed by atoms with Crippen LogP contribution in [0.25, 0.3) is 0 Å². The van der Waals surface area contributed by atoms with Crippen LogP contribution < -0.4 is 9.44 Å². The number of H-pyrrole nitrogens is 1. The zero-order valence-electron chi connectivity index (χ0n) is 30.6. The topological polar surface area (TPSA) is 147 Å². The number of aryl methyl sites for hydroxylation is 4. The van der Waals surface area contributed by atoms with Crippen molar-refractivity contribution >= 4 is 43.2 Å². The van der Waals surface area contributed by atoms with Gasteiger partial charge < -0.3 is 9.40 Å². The summed E-state index contributed by atoms with van der Waals surface area (Å²) in [6.45, 7) is 0. The van der Waals surface area contributed by atoms with E-state index in [2.05, 4.69) is 54.7 Å². The lowest BCUT2D eigenvalue weighted by molar-refractivity contribution is 0.505. The quantitative estimate of drug-likeness (QED) is 0.115. The molecule has 0 radical (unpaired) electrons. The maximum atomic E-state index is 12.7. The molecule has 0 spiro atoms. The number of sulfonamides is 2. The number of nitrogens with zero attached hydrogens (tertiary/aromatic N) is 2. The largest absolute Gasteiger partial charge is 0.451 e. The second-order valence-electron chi connectivity index (χ2n) is 14.2. The number of nitrogens with one attached hydrogen (secondary N) is 3. The van der Waals surface area contributed by atoms with E-state index in [9.17, 15) is 16.8 Å². The molecule has 3 N–H and O–H groups in total. The lowest BCUT2D eigenvalue weighted by Crippen LogP contribution is -2.39. The molecule has 2 unspecified atom stereocenters. The molecule has 0 amide bonds. The lowest BCUT2D eigenvalue weighted by Gasteiger charge is -2.27. The number of aromatic amines is 1. The van der Waals surface area contributed by atoms with Crippen LogP contribution in [0.15, 0.2) is 124 Å². The van der Waals surface area contributed by atoms with Gasteiger partial charge in [-0.1, -0.05) is 59.6 Å². The number of halogens is 2. The number of benzene rings is 4. The molecule has 0 saturated heterocycles. The number of imidazole rings is 1. The van der Waals surface area contributed by atoms with E-state index in [4.69, 9.17) is 27.6 Å². The minimum atomic E-state index is -3.56. The molecule has 0 saturated carbocycles. The van der Waals surface area contributed by atoms with Crippen LogP contribution in [-0.4, -0.2) is 43.9 Å². The predicted molar refractivity (Wildman–Crippen MR) is 218 cm³/mol. The Hall–Kier alpha value is -4.30. The van der Waals surface area contributed by atoms with Crippen molar-refractivity contribution in [1.82, 2.24) is 24.4 Å². The Bertz CT molecular complexity index is 2270. The van der Waals surface area contributed by atoms with Crippen molar-refractivity contribution in [3.63, 3.8) is 0 Å².